The van der Waals surface area contributed by atoms with Crippen LogP contribution in [0.2, 0.25) is 5.02 Å². The molecule has 1 fully saturated rings. The lowest BCUT2D eigenvalue weighted by molar-refractivity contribution is -0.384. The van der Waals surface area contributed by atoms with E-state index in [1.54, 1.807) is 54.6 Å². The van der Waals surface area contributed by atoms with Gasteiger partial charge in [0, 0.05) is 28.4 Å². The summed E-state index contributed by atoms with van der Waals surface area (Å²) < 4.78 is 0. The lowest BCUT2D eigenvalue weighted by Gasteiger charge is -2.25. The Morgan fingerprint density at radius 1 is 0.935 bits per heavy atom. The van der Waals surface area contributed by atoms with Gasteiger partial charge in [0.05, 0.1) is 16.5 Å². The summed E-state index contributed by atoms with van der Waals surface area (Å²) in [5.41, 5.74) is 0.998. The number of nitrogens with zero attached hydrogens (tertiary/aromatic N) is 2. The molecule has 1 N–H and O–H groups in total. The van der Waals surface area contributed by atoms with Gasteiger partial charge >= 0.3 is 0 Å². The number of nitro benzene ring substituents is 1. The Balaban J connectivity index is 1.92. The van der Waals surface area contributed by atoms with Crippen LogP contribution in [0, 0.1) is 10.1 Å². The van der Waals surface area contributed by atoms with Crippen molar-refractivity contribution in [1.29, 1.82) is 0 Å². The molecule has 1 aliphatic heterocycles. The molecule has 1 unspecified atom stereocenters. The summed E-state index contributed by atoms with van der Waals surface area (Å²) >= 11 is 5.91. The third-order valence-electron chi connectivity index (χ3n) is 5.02. The minimum absolute atomic E-state index is 0.106. The molecular weight excluding hydrogens is 420 g/mol. The SMILES string of the molecule is O=C1C(=O)N(c2ccccc2)C(c2ccc([N+](=O)[O-])cc2)C1=C(O)c1ccc(Cl)cc1. The van der Waals surface area contributed by atoms with Crippen molar-refractivity contribution >= 4 is 40.4 Å². The predicted octanol–water partition coefficient (Wildman–Crippen LogP) is 4.87. The number of hydrogen-bond donors (Lipinski definition) is 1. The number of hydrogen-bond acceptors (Lipinski definition) is 5. The van der Waals surface area contributed by atoms with Gasteiger partial charge in [-0.05, 0) is 54.1 Å². The molecule has 7 nitrogen and oxygen atoms in total. The first kappa shape index (κ1) is 20.3. The molecule has 0 bridgehead atoms. The number of ketones is 1. The number of benzene rings is 3. The quantitative estimate of drug-likeness (QED) is 0.207. The topological polar surface area (TPSA) is 101 Å². The first-order valence-corrected chi connectivity index (χ1v) is 9.62. The lowest BCUT2D eigenvalue weighted by atomic mass is 9.95. The van der Waals surface area contributed by atoms with Crippen LogP contribution in [-0.4, -0.2) is 21.7 Å². The standard InChI is InChI=1S/C23H15ClN2O5/c24-16-10-6-15(7-11-16)21(27)19-20(14-8-12-18(13-9-14)26(30)31)25(23(29)22(19)28)17-4-2-1-3-5-17/h1-13,20,27H. The molecule has 3 aromatic carbocycles. The zero-order valence-corrected chi connectivity index (χ0v) is 16.7. The van der Waals surface area contributed by atoms with Gasteiger partial charge in [-0.25, -0.2) is 0 Å². The highest BCUT2D eigenvalue weighted by Crippen LogP contribution is 2.42. The highest BCUT2D eigenvalue weighted by molar-refractivity contribution is 6.51. The predicted molar refractivity (Wildman–Crippen MR) is 116 cm³/mol. The Bertz CT molecular complexity index is 1200. The van der Waals surface area contributed by atoms with Gasteiger partial charge in [0.25, 0.3) is 17.4 Å². The zero-order valence-electron chi connectivity index (χ0n) is 15.9. The van der Waals surface area contributed by atoms with E-state index in [0.717, 1.165) is 0 Å². The average Bonchev–Trinajstić information content (AvgIpc) is 3.05. The van der Waals surface area contributed by atoms with Crippen LogP contribution in [0.1, 0.15) is 17.2 Å². The third kappa shape index (κ3) is 3.67. The highest BCUT2D eigenvalue weighted by Gasteiger charge is 2.47. The van der Waals surface area contributed by atoms with Crippen LogP contribution in [0.5, 0.6) is 0 Å². The van der Waals surface area contributed by atoms with Crippen LogP contribution in [0.25, 0.3) is 5.76 Å². The van der Waals surface area contributed by atoms with Crippen molar-refractivity contribution < 1.29 is 19.6 Å². The van der Waals surface area contributed by atoms with Gasteiger partial charge in [-0.3, -0.25) is 24.6 Å². The second-order valence-corrected chi connectivity index (χ2v) is 7.30. The normalized spacial score (nSPS) is 17.7. The van der Waals surface area contributed by atoms with E-state index in [1.807, 2.05) is 0 Å². The van der Waals surface area contributed by atoms with Crippen LogP contribution in [0.4, 0.5) is 11.4 Å². The number of non-ortho nitro benzene ring substituents is 1. The number of aliphatic hydroxyl groups excluding tert-OH is 1. The summed E-state index contributed by atoms with van der Waals surface area (Å²) in [6.07, 6.45) is 0. The van der Waals surface area contributed by atoms with Crippen molar-refractivity contribution in [2.45, 2.75) is 6.04 Å². The van der Waals surface area contributed by atoms with Crippen molar-refractivity contribution in [3.63, 3.8) is 0 Å². The first-order chi connectivity index (χ1) is 14.9. The van der Waals surface area contributed by atoms with Gasteiger partial charge in [0.2, 0.25) is 0 Å². The van der Waals surface area contributed by atoms with Crippen molar-refractivity contribution in [2.24, 2.45) is 0 Å². The molecule has 0 aliphatic carbocycles. The number of nitro groups is 1. The molecule has 0 saturated carbocycles. The second-order valence-electron chi connectivity index (χ2n) is 6.86. The van der Waals surface area contributed by atoms with Gasteiger partial charge in [-0.1, -0.05) is 29.8 Å². The number of rotatable bonds is 4. The summed E-state index contributed by atoms with van der Waals surface area (Å²) in [5.74, 6) is -2.00. The number of halogens is 1. The number of anilines is 1. The molecule has 0 aromatic heterocycles. The fraction of sp³-hybridized carbons (Fsp3) is 0.0435. The molecule has 1 saturated heterocycles. The highest BCUT2D eigenvalue weighted by atomic mass is 35.5. The van der Waals surface area contributed by atoms with Crippen LogP contribution >= 0.6 is 11.6 Å². The molecule has 1 aliphatic rings. The number of aliphatic hydroxyl groups is 1. The fourth-order valence-electron chi connectivity index (χ4n) is 3.54. The summed E-state index contributed by atoms with van der Waals surface area (Å²) in [4.78, 5) is 37.7. The largest absolute Gasteiger partial charge is 0.507 e. The smallest absolute Gasteiger partial charge is 0.300 e. The fourth-order valence-corrected chi connectivity index (χ4v) is 3.67. The van der Waals surface area contributed by atoms with Gasteiger partial charge in [-0.2, -0.15) is 0 Å². The molecule has 0 radical (unpaired) electrons. The lowest BCUT2D eigenvalue weighted by Crippen LogP contribution is -2.29. The van der Waals surface area contributed by atoms with E-state index >= 15 is 0 Å². The molecule has 4 rings (SSSR count). The Labute approximate surface area is 182 Å². The monoisotopic (exact) mass is 434 g/mol. The summed E-state index contributed by atoms with van der Waals surface area (Å²) in [7, 11) is 0. The van der Waals surface area contributed by atoms with Crippen LogP contribution in [0.3, 0.4) is 0 Å². The summed E-state index contributed by atoms with van der Waals surface area (Å²) in [6.45, 7) is 0. The number of carbonyl (C=O) groups excluding carboxylic acids is 2. The third-order valence-corrected chi connectivity index (χ3v) is 5.27. The van der Waals surface area contributed by atoms with E-state index in [9.17, 15) is 24.8 Å². The van der Waals surface area contributed by atoms with E-state index in [4.69, 9.17) is 11.6 Å². The van der Waals surface area contributed by atoms with Crippen LogP contribution in [0.15, 0.2) is 84.4 Å². The molecule has 154 valence electrons. The van der Waals surface area contributed by atoms with Gasteiger partial charge in [0.1, 0.15) is 5.76 Å². The van der Waals surface area contributed by atoms with Crippen molar-refractivity contribution in [1.82, 2.24) is 0 Å². The van der Waals surface area contributed by atoms with Crippen LogP contribution in [-0.2, 0) is 9.59 Å². The molecule has 0 spiro atoms. The van der Waals surface area contributed by atoms with Gasteiger partial charge < -0.3 is 5.11 Å². The van der Waals surface area contributed by atoms with Gasteiger partial charge in [-0.15, -0.1) is 0 Å². The Kier molecular flexibility index (Phi) is 5.27. The number of carbonyl (C=O) groups is 2. The summed E-state index contributed by atoms with van der Waals surface area (Å²) in [5, 5.41) is 22.5. The maximum atomic E-state index is 13.0. The van der Waals surface area contributed by atoms with Gasteiger partial charge in [0.15, 0.2) is 0 Å². The molecular formula is C23H15ClN2O5. The number of para-hydroxylation sites is 1. The molecule has 3 aromatic rings. The second kappa shape index (κ2) is 8.04. The van der Waals surface area contributed by atoms with E-state index in [1.165, 1.54) is 29.2 Å². The Hall–Kier alpha value is -3.97. The minimum atomic E-state index is -0.959. The Morgan fingerprint density at radius 2 is 1.55 bits per heavy atom. The molecule has 8 heteroatoms. The van der Waals surface area contributed by atoms with E-state index in [0.29, 0.717) is 21.8 Å². The first-order valence-electron chi connectivity index (χ1n) is 9.25. The molecule has 1 amide bonds. The van der Waals surface area contributed by atoms with E-state index in [2.05, 4.69) is 0 Å². The van der Waals surface area contributed by atoms with Crippen molar-refractivity contribution in [2.75, 3.05) is 4.90 Å². The maximum Gasteiger partial charge on any atom is 0.300 e. The van der Waals surface area contributed by atoms with E-state index < -0.39 is 22.7 Å². The number of amides is 1. The average molecular weight is 435 g/mol. The summed E-state index contributed by atoms with van der Waals surface area (Å²) in [6, 6.07) is 19.3. The Morgan fingerprint density at radius 3 is 2.13 bits per heavy atom. The zero-order chi connectivity index (χ0) is 22.1. The molecule has 1 atom stereocenters. The molecule has 31 heavy (non-hydrogen) atoms. The van der Waals surface area contributed by atoms with Crippen molar-refractivity contribution in [3.8, 4) is 0 Å². The number of Topliss-reactive ketones (excluding diaryl/α,β-unsaturated/α-hetero) is 1. The van der Waals surface area contributed by atoms with Crippen molar-refractivity contribution in [3.05, 3.63) is 111 Å². The molecule has 1 heterocycles. The van der Waals surface area contributed by atoms with Crippen LogP contribution < -0.4 is 4.90 Å². The van der Waals surface area contributed by atoms with E-state index in [-0.39, 0.29) is 17.0 Å². The maximum absolute atomic E-state index is 13.0. The minimum Gasteiger partial charge on any atom is -0.507 e.